The molecule has 0 spiro atoms. The van der Waals surface area contributed by atoms with Crippen molar-refractivity contribution in [3.63, 3.8) is 0 Å². The Morgan fingerprint density at radius 2 is 1.87 bits per heavy atom. The number of anilines is 1. The van der Waals surface area contributed by atoms with Crippen molar-refractivity contribution in [1.29, 1.82) is 0 Å². The zero-order chi connectivity index (χ0) is 27.2. The summed E-state index contributed by atoms with van der Waals surface area (Å²) in [6.07, 6.45) is 2.45. The molecule has 1 aliphatic heterocycles. The van der Waals surface area contributed by atoms with E-state index in [9.17, 15) is 19.2 Å². The molecule has 0 aliphatic carbocycles. The van der Waals surface area contributed by atoms with Gasteiger partial charge in [-0.05, 0) is 66.2 Å². The van der Waals surface area contributed by atoms with Crippen molar-refractivity contribution < 1.29 is 28.7 Å². The number of fused-ring (bicyclic) bond motifs is 1. The predicted octanol–water partition coefficient (Wildman–Crippen LogP) is 6.13. The van der Waals surface area contributed by atoms with E-state index < -0.39 is 29.6 Å². The highest BCUT2D eigenvalue weighted by Crippen LogP contribution is 2.37. The molecular formula is C28H25ClN2O6S. The third kappa shape index (κ3) is 6.00. The Bertz CT molecular complexity index is 1450. The molecule has 3 aromatic carbocycles. The van der Waals surface area contributed by atoms with Gasteiger partial charge in [0.2, 0.25) is 5.91 Å². The number of thioether (sulfide) groups is 1. The van der Waals surface area contributed by atoms with Crippen LogP contribution in [0, 0.1) is 0 Å². The van der Waals surface area contributed by atoms with Crippen molar-refractivity contribution >= 4 is 68.9 Å². The van der Waals surface area contributed by atoms with Gasteiger partial charge in [0.15, 0.2) is 0 Å². The molecule has 196 valence electrons. The average Bonchev–Trinajstić information content (AvgIpc) is 3.16. The van der Waals surface area contributed by atoms with E-state index >= 15 is 0 Å². The highest BCUT2D eigenvalue weighted by atomic mass is 35.5. The number of nitrogens with zero attached hydrogens (tertiary/aromatic N) is 1. The van der Waals surface area contributed by atoms with Crippen LogP contribution in [0.25, 0.3) is 16.8 Å². The Labute approximate surface area is 228 Å². The van der Waals surface area contributed by atoms with E-state index in [1.807, 2.05) is 43.3 Å². The van der Waals surface area contributed by atoms with Gasteiger partial charge in [-0.15, -0.1) is 0 Å². The van der Waals surface area contributed by atoms with Gasteiger partial charge in [0.25, 0.3) is 11.1 Å². The molecular weight excluding hydrogens is 528 g/mol. The summed E-state index contributed by atoms with van der Waals surface area (Å²) in [6, 6.07) is 15.8. The molecule has 1 fully saturated rings. The fraction of sp³-hybridized carbons (Fsp3) is 0.214. The van der Waals surface area contributed by atoms with Gasteiger partial charge in [0.05, 0.1) is 28.7 Å². The van der Waals surface area contributed by atoms with E-state index in [2.05, 4.69) is 5.32 Å². The van der Waals surface area contributed by atoms with E-state index in [4.69, 9.17) is 21.1 Å². The molecule has 3 amide bonds. The molecule has 0 unspecified atom stereocenters. The molecule has 0 radical (unpaired) electrons. The molecule has 0 atom stereocenters. The van der Waals surface area contributed by atoms with Crippen molar-refractivity contribution in [2.75, 3.05) is 25.1 Å². The van der Waals surface area contributed by atoms with Gasteiger partial charge in [-0.25, -0.2) is 4.79 Å². The van der Waals surface area contributed by atoms with E-state index in [-0.39, 0.29) is 27.8 Å². The quantitative estimate of drug-likeness (QED) is 0.251. The van der Waals surface area contributed by atoms with Gasteiger partial charge in [0.1, 0.15) is 12.3 Å². The van der Waals surface area contributed by atoms with Crippen LogP contribution in [0.15, 0.2) is 59.5 Å². The van der Waals surface area contributed by atoms with E-state index in [1.165, 1.54) is 18.2 Å². The average molecular weight is 553 g/mol. The first kappa shape index (κ1) is 27.2. The number of carbonyl (C=O) groups excluding carboxylic acids is 4. The van der Waals surface area contributed by atoms with E-state index in [0.717, 1.165) is 33.9 Å². The third-order valence-electron chi connectivity index (χ3n) is 5.59. The van der Waals surface area contributed by atoms with E-state index in [1.54, 1.807) is 13.0 Å². The maximum atomic E-state index is 13.1. The maximum Gasteiger partial charge on any atom is 0.339 e. The summed E-state index contributed by atoms with van der Waals surface area (Å²) in [5, 5.41) is 4.05. The molecule has 1 saturated heterocycles. The number of nitrogens with one attached hydrogen (secondary N) is 1. The van der Waals surface area contributed by atoms with Gasteiger partial charge in [0, 0.05) is 11.3 Å². The molecule has 4 rings (SSSR count). The molecule has 1 aliphatic rings. The third-order valence-corrected chi connectivity index (χ3v) is 6.83. The highest BCUT2D eigenvalue weighted by molar-refractivity contribution is 8.18. The van der Waals surface area contributed by atoms with Crippen LogP contribution in [0.1, 0.15) is 36.2 Å². The zero-order valence-corrected chi connectivity index (χ0v) is 22.4. The monoisotopic (exact) mass is 552 g/mol. The van der Waals surface area contributed by atoms with Crippen LogP contribution in [0.2, 0.25) is 5.02 Å². The van der Waals surface area contributed by atoms with Crippen molar-refractivity contribution in [2.45, 2.75) is 20.3 Å². The summed E-state index contributed by atoms with van der Waals surface area (Å²) in [4.78, 5) is 51.7. The van der Waals surface area contributed by atoms with Crippen LogP contribution in [0.5, 0.6) is 5.75 Å². The van der Waals surface area contributed by atoms with Gasteiger partial charge in [-0.1, -0.05) is 48.9 Å². The second-order valence-corrected chi connectivity index (χ2v) is 9.68. The summed E-state index contributed by atoms with van der Waals surface area (Å²) >= 11 is 6.83. The molecule has 0 saturated carbocycles. The Morgan fingerprint density at radius 1 is 1.08 bits per heavy atom. The number of amides is 3. The normalized spacial score (nSPS) is 14.3. The lowest BCUT2D eigenvalue weighted by Crippen LogP contribution is -2.36. The smallest absolute Gasteiger partial charge is 0.339 e. The number of benzene rings is 3. The number of esters is 1. The lowest BCUT2D eigenvalue weighted by molar-refractivity contribution is -0.127. The predicted molar refractivity (Wildman–Crippen MR) is 148 cm³/mol. The Morgan fingerprint density at radius 3 is 2.63 bits per heavy atom. The van der Waals surface area contributed by atoms with Crippen LogP contribution in [0.3, 0.4) is 0 Å². The van der Waals surface area contributed by atoms with Crippen LogP contribution in [-0.4, -0.2) is 47.7 Å². The number of imide groups is 1. The first-order valence-corrected chi connectivity index (χ1v) is 13.2. The molecule has 1 N–H and O–H groups in total. The summed E-state index contributed by atoms with van der Waals surface area (Å²) in [6.45, 7) is 3.85. The number of hydrogen-bond donors (Lipinski definition) is 1. The molecule has 0 bridgehead atoms. The fourth-order valence-electron chi connectivity index (χ4n) is 3.84. The minimum Gasteiger partial charge on any atom is -0.493 e. The molecule has 8 nitrogen and oxygen atoms in total. The highest BCUT2D eigenvalue weighted by Gasteiger charge is 2.36. The Balaban J connectivity index is 1.54. The summed E-state index contributed by atoms with van der Waals surface area (Å²) in [5.41, 5.74) is 1.06. The molecule has 10 heteroatoms. The Hall–Kier alpha value is -3.82. The number of ether oxygens (including phenoxy) is 2. The maximum absolute atomic E-state index is 13.1. The standard InChI is InChI=1S/C28H25ClN2O6S/c1-3-13-37-23-12-9-17-7-5-6-8-19(17)20(23)15-24-26(33)31(28(35)38-24)16-25(32)30-18-10-11-22(29)21(14-18)27(34)36-4-2/h5-12,14-15H,3-4,13,16H2,1-2H3,(H,30,32)/b24-15-. The topological polar surface area (TPSA) is 102 Å². The number of carbonyl (C=O) groups is 4. The zero-order valence-electron chi connectivity index (χ0n) is 20.8. The van der Waals surface area contributed by atoms with Crippen molar-refractivity contribution in [1.82, 2.24) is 4.90 Å². The van der Waals surface area contributed by atoms with Crippen molar-refractivity contribution in [2.24, 2.45) is 0 Å². The molecule has 38 heavy (non-hydrogen) atoms. The molecule has 1 heterocycles. The first-order valence-electron chi connectivity index (χ1n) is 12.0. The van der Waals surface area contributed by atoms with Gasteiger partial charge in [-0.2, -0.15) is 0 Å². The molecule has 3 aromatic rings. The van der Waals surface area contributed by atoms with Crippen LogP contribution >= 0.6 is 23.4 Å². The van der Waals surface area contributed by atoms with Gasteiger partial charge in [-0.3, -0.25) is 19.3 Å². The second-order valence-electron chi connectivity index (χ2n) is 8.28. The number of halogens is 1. The summed E-state index contributed by atoms with van der Waals surface area (Å²) in [7, 11) is 0. The van der Waals surface area contributed by atoms with Gasteiger partial charge >= 0.3 is 5.97 Å². The summed E-state index contributed by atoms with van der Waals surface area (Å²) in [5.74, 6) is -1.20. The van der Waals surface area contributed by atoms with Crippen LogP contribution < -0.4 is 10.1 Å². The van der Waals surface area contributed by atoms with Gasteiger partial charge < -0.3 is 14.8 Å². The lowest BCUT2D eigenvalue weighted by Gasteiger charge is -2.14. The number of hydrogen-bond acceptors (Lipinski definition) is 7. The lowest BCUT2D eigenvalue weighted by atomic mass is 10.0. The van der Waals surface area contributed by atoms with Crippen molar-refractivity contribution in [3.05, 3.63) is 75.7 Å². The minimum atomic E-state index is -0.625. The largest absolute Gasteiger partial charge is 0.493 e. The number of rotatable bonds is 9. The first-order chi connectivity index (χ1) is 18.3. The second kappa shape index (κ2) is 12.1. The SMILES string of the molecule is CCCOc1ccc2ccccc2c1/C=C1\SC(=O)N(CC(=O)Nc2ccc(Cl)c(C(=O)OCC)c2)C1=O. The fourth-order valence-corrected chi connectivity index (χ4v) is 4.86. The summed E-state index contributed by atoms with van der Waals surface area (Å²) < 4.78 is 10.9. The Kier molecular flexibility index (Phi) is 8.70. The van der Waals surface area contributed by atoms with E-state index in [0.29, 0.717) is 17.9 Å². The van der Waals surface area contributed by atoms with Crippen LogP contribution in [-0.2, 0) is 14.3 Å². The minimum absolute atomic E-state index is 0.0941. The molecule has 0 aromatic heterocycles. The van der Waals surface area contributed by atoms with Crippen molar-refractivity contribution in [3.8, 4) is 5.75 Å². The van der Waals surface area contributed by atoms with Crippen LogP contribution in [0.4, 0.5) is 10.5 Å².